The summed E-state index contributed by atoms with van der Waals surface area (Å²) in [5.41, 5.74) is 3.31. The van der Waals surface area contributed by atoms with Crippen molar-refractivity contribution in [2.75, 3.05) is 21.0 Å². The number of hydrogen-bond donors (Lipinski definition) is 4. The summed E-state index contributed by atoms with van der Waals surface area (Å²) in [6.45, 7) is 3.36. The van der Waals surface area contributed by atoms with Crippen LogP contribution in [0.25, 0.3) is 0 Å². The van der Waals surface area contributed by atoms with Gasteiger partial charge in [-0.05, 0) is 50.4 Å². The van der Waals surface area contributed by atoms with Gasteiger partial charge in [0.1, 0.15) is 11.5 Å². The van der Waals surface area contributed by atoms with Crippen LogP contribution in [0.5, 0.6) is 11.5 Å². The van der Waals surface area contributed by atoms with Crippen LogP contribution in [0.3, 0.4) is 0 Å². The Morgan fingerprint density at radius 3 is 1.49 bits per heavy atom. The highest BCUT2D eigenvalue weighted by atomic mass is 32.1. The molecule has 0 spiro atoms. The van der Waals surface area contributed by atoms with Crippen molar-refractivity contribution in [2.45, 2.75) is 25.9 Å². The number of hydrogen-bond acceptors (Lipinski definition) is 8. The van der Waals surface area contributed by atoms with Crippen molar-refractivity contribution in [1.82, 2.24) is 21.3 Å². The predicted molar refractivity (Wildman–Crippen MR) is 152 cm³/mol. The first-order valence-corrected chi connectivity index (χ1v) is 12.7. The third-order valence-corrected chi connectivity index (χ3v) is 6.68. The van der Waals surface area contributed by atoms with Crippen molar-refractivity contribution >= 4 is 46.6 Å². The van der Waals surface area contributed by atoms with Crippen LogP contribution in [0.1, 0.15) is 37.1 Å². The maximum Gasteiger partial charge on any atom is 0.337 e. The Morgan fingerprint density at radius 1 is 0.718 bits per heavy atom. The molecule has 0 aromatic heterocycles. The number of rotatable bonds is 8. The lowest BCUT2D eigenvalue weighted by Gasteiger charge is -2.31. The van der Waals surface area contributed by atoms with Gasteiger partial charge in [-0.2, -0.15) is 0 Å². The SMILES string of the molecule is COC(=O)C1=C(C)NC(=S)N[C@H]1c1ccccc1OCOc1ccccc1[C@@H]1NC(=S)NC(C)=C1C(=O)OC. The van der Waals surface area contributed by atoms with Crippen LogP contribution in [0.4, 0.5) is 0 Å². The highest BCUT2D eigenvalue weighted by Crippen LogP contribution is 2.35. The van der Waals surface area contributed by atoms with Gasteiger partial charge in [-0.25, -0.2) is 9.59 Å². The number of thiocarbonyl (C=S) groups is 2. The largest absolute Gasteiger partial charge is 0.466 e. The Bertz CT molecular complexity index is 1290. The first-order chi connectivity index (χ1) is 18.7. The van der Waals surface area contributed by atoms with Crippen LogP contribution in [0.2, 0.25) is 0 Å². The molecular weight excluding hydrogens is 540 g/mol. The van der Waals surface area contributed by atoms with Gasteiger partial charge in [-0.3, -0.25) is 0 Å². The van der Waals surface area contributed by atoms with Gasteiger partial charge in [0.25, 0.3) is 0 Å². The zero-order valence-corrected chi connectivity index (χ0v) is 23.4. The first-order valence-electron chi connectivity index (χ1n) is 11.9. The Labute approximate surface area is 236 Å². The first kappa shape index (κ1) is 27.9. The maximum absolute atomic E-state index is 12.6. The average Bonchev–Trinajstić information content (AvgIpc) is 2.92. The number of methoxy groups -OCH3 is 2. The predicted octanol–water partition coefficient (Wildman–Crippen LogP) is 3.03. The molecule has 0 unspecified atom stereocenters. The molecule has 2 heterocycles. The van der Waals surface area contributed by atoms with Gasteiger partial charge in [-0.1, -0.05) is 36.4 Å². The molecule has 0 bridgehead atoms. The molecule has 4 rings (SSSR count). The lowest BCUT2D eigenvalue weighted by atomic mass is 9.95. The number of ether oxygens (including phenoxy) is 4. The second-order valence-electron chi connectivity index (χ2n) is 8.61. The monoisotopic (exact) mass is 568 g/mol. The summed E-state index contributed by atoms with van der Waals surface area (Å²) in [6.07, 6.45) is 0. The Morgan fingerprint density at radius 2 is 1.10 bits per heavy atom. The minimum atomic E-state index is -0.592. The molecule has 10 nitrogen and oxygen atoms in total. The lowest BCUT2D eigenvalue weighted by Crippen LogP contribution is -2.45. The van der Waals surface area contributed by atoms with Gasteiger partial charge >= 0.3 is 11.9 Å². The third-order valence-electron chi connectivity index (χ3n) is 6.24. The molecule has 39 heavy (non-hydrogen) atoms. The molecule has 0 saturated carbocycles. The molecule has 0 aliphatic carbocycles. The molecule has 0 saturated heterocycles. The van der Waals surface area contributed by atoms with Crippen molar-refractivity contribution in [3.05, 3.63) is 82.2 Å². The van der Waals surface area contributed by atoms with Gasteiger partial charge in [0.2, 0.25) is 6.79 Å². The van der Waals surface area contributed by atoms with E-state index in [1.54, 1.807) is 26.0 Å². The summed E-state index contributed by atoms with van der Waals surface area (Å²) in [5, 5.41) is 12.9. The van der Waals surface area contributed by atoms with Gasteiger partial charge < -0.3 is 40.2 Å². The summed E-state index contributed by atoms with van der Waals surface area (Å²) < 4.78 is 22.1. The van der Waals surface area contributed by atoms with E-state index in [4.69, 9.17) is 43.4 Å². The van der Waals surface area contributed by atoms with E-state index in [1.165, 1.54) is 14.2 Å². The molecule has 4 N–H and O–H groups in total. The van der Waals surface area contributed by atoms with E-state index in [0.717, 1.165) is 0 Å². The van der Waals surface area contributed by atoms with Crippen molar-refractivity contribution in [2.24, 2.45) is 0 Å². The number of para-hydroxylation sites is 2. The zero-order chi connectivity index (χ0) is 28.1. The number of carbonyl (C=O) groups is 2. The van der Waals surface area contributed by atoms with Crippen LogP contribution in [0, 0.1) is 0 Å². The average molecular weight is 569 g/mol. The normalized spacial score (nSPS) is 18.8. The third kappa shape index (κ3) is 5.96. The van der Waals surface area contributed by atoms with Crippen LogP contribution in [-0.4, -0.2) is 43.2 Å². The molecule has 2 atom stereocenters. The van der Waals surface area contributed by atoms with Gasteiger partial charge in [0, 0.05) is 22.5 Å². The molecule has 2 aliphatic rings. The molecule has 2 aromatic rings. The van der Waals surface area contributed by atoms with Crippen LogP contribution in [0.15, 0.2) is 71.1 Å². The number of carbonyl (C=O) groups excluding carboxylic acids is 2. The molecule has 0 fully saturated rings. The van der Waals surface area contributed by atoms with Crippen molar-refractivity contribution in [3.8, 4) is 11.5 Å². The zero-order valence-electron chi connectivity index (χ0n) is 21.7. The number of esters is 2. The fraction of sp³-hybridized carbons (Fsp3) is 0.259. The smallest absolute Gasteiger partial charge is 0.337 e. The van der Waals surface area contributed by atoms with Gasteiger partial charge in [-0.15, -0.1) is 0 Å². The van der Waals surface area contributed by atoms with Crippen molar-refractivity contribution in [3.63, 3.8) is 0 Å². The minimum Gasteiger partial charge on any atom is -0.466 e. The molecule has 12 heteroatoms. The Balaban J connectivity index is 1.59. The van der Waals surface area contributed by atoms with E-state index in [-0.39, 0.29) is 6.79 Å². The van der Waals surface area contributed by atoms with Crippen LogP contribution < -0.4 is 30.7 Å². The summed E-state index contributed by atoms with van der Waals surface area (Å²) in [4.78, 5) is 25.2. The Hall–Kier alpha value is -4.16. The van der Waals surface area contributed by atoms with E-state index in [0.29, 0.717) is 55.4 Å². The second-order valence-corrected chi connectivity index (χ2v) is 9.42. The fourth-order valence-electron chi connectivity index (χ4n) is 4.47. The molecule has 0 amide bonds. The number of nitrogens with one attached hydrogen (secondary N) is 4. The standard InChI is InChI=1S/C27H28N4O6S2/c1-14-20(24(32)34-3)22(30-26(38)28-14)16-9-5-7-11-18(16)36-13-37-19-12-8-6-10-17(19)23-21(25(33)35-4)15(2)29-27(39)31-23/h5-12,22-23H,13H2,1-4H3,(H2,28,30,38)(H2,29,31,39)/t22-,23-/m0/s1. The highest BCUT2D eigenvalue weighted by molar-refractivity contribution is 7.80. The van der Waals surface area contributed by atoms with E-state index in [2.05, 4.69) is 21.3 Å². The van der Waals surface area contributed by atoms with Crippen molar-refractivity contribution in [1.29, 1.82) is 0 Å². The fourth-order valence-corrected chi connectivity index (χ4v) is 5.01. The molecule has 204 valence electrons. The van der Waals surface area contributed by atoms with E-state index in [9.17, 15) is 9.59 Å². The van der Waals surface area contributed by atoms with E-state index in [1.807, 2.05) is 36.4 Å². The van der Waals surface area contributed by atoms with Crippen LogP contribution in [-0.2, 0) is 19.1 Å². The lowest BCUT2D eigenvalue weighted by molar-refractivity contribution is -0.137. The minimum absolute atomic E-state index is 0.161. The quantitative estimate of drug-likeness (QED) is 0.213. The molecule has 2 aromatic carbocycles. The van der Waals surface area contributed by atoms with Gasteiger partial charge in [0.05, 0.1) is 37.4 Å². The van der Waals surface area contributed by atoms with Gasteiger partial charge in [0.15, 0.2) is 10.2 Å². The Kier molecular flexibility index (Phi) is 8.67. The van der Waals surface area contributed by atoms with E-state index >= 15 is 0 Å². The maximum atomic E-state index is 12.6. The summed E-state index contributed by atoms with van der Waals surface area (Å²) >= 11 is 10.7. The van der Waals surface area contributed by atoms with Crippen LogP contribution >= 0.6 is 24.4 Å². The molecule has 2 aliphatic heterocycles. The van der Waals surface area contributed by atoms with Crippen molar-refractivity contribution < 1.29 is 28.5 Å². The summed E-state index contributed by atoms with van der Waals surface area (Å²) in [5.74, 6) is -0.00802. The number of allylic oxidation sites excluding steroid dienone is 2. The molecular formula is C27H28N4O6S2. The van der Waals surface area contributed by atoms with E-state index < -0.39 is 24.0 Å². The molecule has 0 radical (unpaired) electrons. The summed E-state index contributed by atoms with van der Waals surface area (Å²) in [6, 6.07) is 13.3. The topological polar surface area (TPSA) is 119 Å². The number of benzene rings is 2. The second kappa shape index (κ2) is 12.1. The summed E-state index contributed by atoms with van der Waals surface area (Å²) in [7, 11) is 2.65. The highest BCUT2D eigenvalue weighted by Gasteiger charge is 2.34.